The molecule has 2 aromatic rings. The Morgan fingerprint density at radius 2 is 1.63 bits per heavy atom. The number of rotatable bonds is 6. The van der Waals surface area contributed by atoms with Crippen molar-refractivity contribution in [3.05, 3.63) is 47.5 Å². The molecule has 0 bridgehead atoms. The van der Waals surface area contributed by atoms with Crippen LogP contribution in [0.4, 0.5) is 11.4 Å². The average molecular weight is 453 g/mol. The molecule has 0 aromatic heterocycles. The zero-order valence-corrected chi connectivity index (χ0v) is 19.3. The van der Waals surface area contributed by atoms with Gasteiger partial charge in [0, 0.05) is 12.2 Å². The highest BCUT2D eigenvalue weighted by Gasteiger charge is 2.28. The van der Waals surface area contributed by atoms with Gasteiger partial charge >= 0.3 is 0 Å². The maximum absolute atomic E-state index is 13.0. The SMILES string of the molecule is Cc1cc(N2CCCCS2(=O)=O)cc(C)c1S(=O)(=O)Nc1ccc(OC(C)C)cc1. The van der Waals surface area contributed by atoms with Gasteiger partial charge in [0.05, 0.1) is 22.4 Å². The van der Waals surface area contributed by atoms with Crippen LogP contribution in [0.15, 0.2) is 41.3 Å². The molecule has 2 aromatic carbocycles. The summed E-state index contributed by atoms with van der Waals surface area (Å²) in [5.74, 6) is 0.774. The van der Waals surface area contributed by atoms with Crippen molar-refractivity contribution in [3.63, 3.8) is 0 Å². The van der Waals surface area contributed by atoms with E-state index in [0.717, 1.165) is 6.42 Å². The van der Waals surface area contributed by atoms with E-state index in [4.69, 9.17) is 4.74 Å². The number of nitrogens with one attached hydrogen (secondary N) is 1. The molecule has 1 heterocycles. The van der Waals surface area contributed by atoms with E-state index in [-0.39, 0.29) is 16.8 Å². The van der Waals surface area contributed by atoms with E-state index < -0.39 is 20.0 Å². The minimum atomic E-state index is -3.85. The second-order valence-electron chi connectivity index (χ2n) is 7.80. The number of nitrogens with zero attached hydrogens (tertiary/aromatic N) is 1. The van der Waals surface area contributed by atoms with Crippen molar-refractivity contribution >= 4 is 31.4 Å². The molecule has 1 N–H and O–H groups in total. The summed E-state index contributed by atoms with van der Waals surface area (Å²) in [6, 6.07) is 9.97. The predicted octanol–water partition coefficient (Wildman–Crippen LogP) is 3.82. The summed E-state index contributed by atoms with van der Waals surface area (Å²) in [5, 5.41) is 0. The Kier molecular flexibility index (Phi) is 6.33. The highest BCUT2D eigenvalue weighted by molar-refractivity contribution is 7.93. The van der Waals surface area contributed by atoms with Crippen molar-refractivity contribution in [3.8, 4) is 5.75 Å². The van der Waals surface area contributed by atoms with Crippen LogP contribution < -0.4 is 13.8 Å². The third-order valence-corrected chi connectivity index (χ3v) is 8.38. The van der Waals surface area contributed by atoms with Gasteiger partial charge in [0.2, 0.25) is 10.0 Å². The fourth-order valence-electron chi connectivity index (χ4n) is 3.65. The summed E-state index contributed by atoms with van der Waals surface area (Å²) in [6.45, 7) is 7.61. The lowest BCUT2D eigenvalue weighted by Crippen LogP contribution is -2.38. The molecule has 0 atom stereocenters. The van der Waals surface area contributed by atoms with Crippen LogP contribution in [0.2, 0.25) is 0 Å². The molecule has 30 heavy (non-hydrogen) atoms. The first-order valence-electron chi connectivity index (χ1n) is 9.91. The Hall–Kier alpha value is -2.26. The number of aryl methyl sites for hydroxylation is 2. The lowest BCUT2D eigenvalue weighted by molar-refractivity contribution is 0.242. The van der Waals surface area contributed by atoms with Crippen molar-refractivity contribution in [2.45, 2.75) is 51.5 Å². The van der Waals surface area contributed by atoms with Gasteiger partial charge < -0.3 is 4.74 Å². The van der Waals surface area contributed by atoms with E-state index in [1.807, 2.05) is 13.8 Å². The topological polar surface area (TPSA) is 92.8 Å². The second kappa shape index (κ2) is 8.47. The number of benzene rings is 2. The zero-order valence-electron chi connectivity index (χ0n) is 17.7. The van der Waals surface area contributed by atoms with Crippen LogP contribution in [0, 0.1) is 13.8 Å². The van der Waals surface area contributed by atoms with Gasteiger partial charge in [-0.2, -0.15) is 0 Å². The summed E-state index contributed by atoms with van der Waals surface area (Å²) in [7, 11) is -7.21. The van der Waals surface area contributed by atoms with Gasteiger partial charge in [0.15, 0.2) is 0 Å². The maximum Gasteiger partial charge on any atom is 0.262 e. The Bertz CT molecular complexity index is 1100. The summed E-state index contributed by atoms with van der Waals surface area (Å²) in [6.07, 6.45) is 1.46. The smallest absolute Gasteiger partial charge is 0.262 e. The van der Waals surface area contributed by atoms with Gasteiger partial charge in [-0.05, 0) is 88.1 Å². The fourth-order valence-corrected chi connectivity index (χ4v) is 6.79. The van der Waals surface area contributed by atoms with E-state index in [0.29, 0.717) is 41.2 Å². The number of hydrogen-bond acceptors (Lipinski definition) is 5. The van der Waals surface area contributed by atoms with Gasteiger partial charge in [-0.3, -0.25) is 9.03 Å². The largest absolute Gasteiger partial charge is 0.491 e. The van der Waals surface area contributed by atoms with Gasteiger partial charge in [0.25, 0.3) is 10.0 Å². The van der Waals surface area contributed by atoms with Crippen LogP contribution in [-0.2, 0) is 20.0 Å². The van der Waals surface area contributed by atoms with E-state index in [1.54, 1.807) is 50.2 Å². The van der Waals surface area contributed by atoms with Crippen LogP contribution in [0.25, 0.3) is 0 Å². The first-order valence-corrected chi connectivity index (χ1v) is 13.0. The third kappa shape index (κ3) is 4.89. The summed E-state index contributed by atoms with van der Waals surface area (Å²) >= 11 is 0. The fraction of sp³-hybridized carbons (Fsp3) is 0.429. The highest BCUT2D eigenvalue weighted by Crippen LogP contribution is 2.31. The molecular weight excluding hydrogens is 424 g/mol. The summed E-state index contributed by atoms with van der Waals surface area (Å²) in [5.41, 5.74) is 1.93. The molecule has 1 fully saturated rings. The monoisotopic (exact) mass is 452 g/mol. The highest BCUT2D eigenvalue weighted by atomic mass is 32.2. The van der Waals surface area contributed by atoms with E-state index >= 15 is 0 Å². The molecule has 3 rings (SSSR count). The zero-order chi connectivity index (χ0) is 22.1. The van der Waals surface area contributed by atoms with Crippen molar-refractivity contribution < 1.29 is 21.6 Å². The van der Waals surface area contributed by atoms with Gasteiger partial charge in [-0.15, -0.1) is 0 Å². The maximum atomic E-state index is 13.0. The molecule has 0 spiro atoms. The number of ether oxygens (including phenoxy) is 1. The molecule has 9 heteroatoms. The number of sulfonamides is 2. The molecule has 1 saturated heterocycles. The van der Waals surface area contributed by atoms with Gasteiger partial charge in [-0.1, -0.05) is 0 Å². The second-order valence-corrected chi connectivity index (χ2v) is 11.4. The van der Waals surface area contributed by atoms with Crippen molar-refractivity contribution in [2.75, 3.05) is 21.3 Å². The molecule has 0 radical (unpaired) electrons. The first kappa shape index (κ1) is 22.4. The van der Waals surface area contributed by atoms with Crippen LogP contribution in [0.3, 0.4) is 0 Å². The third-order valence-electron chi connectivity index (χ3n) is 4.83. The summed E-state index contributed by atoms with van der Waals surface area (Å²) < 4.78 is 60.5. The van der Waals surface area contributed by atoms with Crippen LogP contribution >= 0.6 is 0 Å². The van der Waals surface area contributed by atoms with Crippen LogP contribution in [0.5, 0.6) is 5.75 Å². The minimum absolute atomic E-state index is 0.0278. The summed E-state index contributed by atoms with van der Waals surface area (Å²) in [4.78, 5) is 0.156. The lowest BCUT2D eigenvalue weighted by atomic mass is 10.1. The van der Waals surface area contributed by atoms with Crippen LogP contribution in [0.1, 0.15) is 37.8 Å². The predicted molar refractivity (Wildman–Crippen MR) is 119 cm³/mol. The molecule has 1 aliphatic rings. The molecule has 7 nitrogen and oxygen atoms in total. The van der Waals surface area contributed by atoms with E-state index in [2.05, 4.69) is 4.72 Å². The Morgan fingerprint density at radius 1 is 1.03 bits per heavy atom. The average Bonchev–Trinajstić information content (AvgIpc) is 2.61. The van der Waals surface area contributed by atoms with Crippen LogP contribution in [-0.4, -0.2) is 35.2 Å². The van der Waals surface area contributed by atoms with E-state index in [9.17, 15) is 16.8 Å². The quantitative estimate of drug-likeness (QED) is 0.719. The lowest BCUT2D eigenvalue weighted by Gasteiger charge is -2.29. The van der Waals surface area contributed by atoms with Gasteiger partial charge in [0.1, 0.15) is 5.75 Å². The first-order chi connectivity index (χ1) is 14.0. The van der Waals surface area contributed by atoms with Crippen molar-refractivity contribution in [2.24, 2.45) is 0 Å². The molecule has 0 amide bonds. The molecule has 0 saturated carbocycles. The van der Waals surface area contributed by atoms with E-state index in [1.165, 1.54) is 4.31 Å². The van der Waals surface area contributed by atoms with Crippen molar-refractivity contribution in [1.29, 1.82) is 0 Å². The minimum Gasteiger partial charge on any atom is -0.491 e. The molecular formula is C21H28N2O5S2. The Labute approximate surface area is 179 Å². The molecule has 0 aliphatic carbocycles. The molecule has 164 valence electrons. The Balaban J connectivity index is 1.89. The molecule has 0 unspecified atom stereocenters. The Morgan fingerprint density at radius 3 is 2.17 bits per heavy atom. The number of hydrogen-bond donors (Lipinski definition) is 1. The normalized spacial score (nSPS) is 16.5. The van der Waals surface area contributed by atoms with Gasteiger partial charge in [-0.25, -0.2) is 16.8 Å². The number of anilines is 2. The standard InChI is InChI=1S/C21H28N2O5S2/c1-15(2)28-20-9-7-18(8-10-20)22-30(26,27)21-16(3)13-19(14-17(21)4)23-11-5-6-12-29(23,24)25/h7-10,13-15,22H,5-6,11-12H2,1-4H3. The van der Waals surface area contributed by atoms with Crippen molar-refractivity contribution in [1.82, 2.24) is 0 Å². The molecule has 1 aliphatic heterocycles.